The molecule has 1 rings (SSSR count). The van der Waals surface area contributed by atoms with Crippen LogP contribution in [-0.2, 0) is 4.74 Å². The lowest BCUT2D eigenvalue weighted by Crippen LogP contribution is -2.04. The average Bonchev–Trinajstić information content (AvgIpc) is 2.31. The Morgan fingerprint density at radius 3 is 2.73 bits per heavy atom. The van der Waals surface area contributed by atoms with Crippen molar-refractivity contribution in [2.75, 3.05) is 6.61 Å². The fourth-order valence-corrected chi connectivity index (χ4v) is 1.11. The summed E-state index contributed by atoms with van der Waals surface area (Å²) in [6.07, 6.45) is 5.87. The van der Waals surface area contributed by atoms with Crippen LogP contribution in [0.3, 0.4) is 0 Å². The summed E-state index contributed by atoms with van der Waals surface area (Å²) in [5, 5.41) is 0. The third kappa shape index (κ3) is 2.89. The molecule has 0 aromatic rings. The highest BCUT2D eigenvalue weighted by molar-refractivity contribution is 5.31. The number of rotatable bonds is 3. The van der Waals surface area contributed by atoms with Gasteiger partial charge in [0.15, 0.2) is 0 Å². The molecule has 11 heavy (non-hydrogen) atoms. The fraction of sp³-hybridized carbons (Fsp3) is 0.600. The maximum Gasteiger partial charge on any atom is 0.0686 e. The molecule has 0 bridgehead atoms. The van der Waals surface area contributed by atoms with Gasteiger partial charge < -0.3 is 4.74 Å². The predicted molar refractivity (Wildman–Crippen MR) is 47.5 cm³/mol. The van der Waals surface area contributed by atoms with Crippen LogP contribution in [0, 0.1) is 0 Å². The molecule has 0 aromatic carbocycles. The van der Waals surface area contributed by atoms with E-state index in [1.807, 2.05) is 0 Å². The minimum atomic E-state index is 0.344. The molecule has 0 atom stereocenters. The average molecular weight is 152 g/mol. The van der Waals surface area contributed by atoms with Crippen molar-refractivity contribution in [2.45, 2.75) is 33.3 Å². The lowest BCUT2D eigenvalue weighted by molar-refractivity contribution is 0.0966. The van der Waals surface area contributed by atoms with Crippen LogP contribution in [0.25, 0.3) is 0 Å². The van der Waals surface area contributed by atoms with E-state index in [1.54, 1.807) is 0 Å². The molecule has 0 heterocycles. The summed E-state index contributed by atoms with van der Waals surface area (Å²) >= 11 is 0. The Kier molecular flexibility index (Phi) is 2.89. The largest absolute Gasteiger partial charge is 0.374 e. The quantitative estimate of drug-likeness (QED) is 0.604. The van der Waals surface area contributed by atoms with E-state index in [-0.39, 0.29) is 0 Å². The summed E-state index contributed by atoms with van der Waals surface area (Å²) < 4.78 is 5.47. The molecule has 0 fully saturated rings. The van der Waals surface area contributed by atoms with E-state index < -0.39 is 0 Å². The first kappa shape index (κ1) is 8.54. The number of hydrogen-bond donors (Lipinski definition) is 0. The van der Waals surface area contributed by atoms with Gasteiger partial charge in [0.25, 0.3) is 0 Å². The molecule has 0 saturated heterocycles. The maximum absolute atomic E-state index is 5.47. The van der Waals surface area contributed by atoms with Crippen molar-refractivity contribution in [1.82, 2.24) is 0 Å². The topological polar surface area (TPSA) is 9.23 Å². The van der Waals surface area contributed by atoms with Crippen molar-refractivity contribution in [2.24, 2.45) is 0 Å². The SMILES string of the molecule is CC1=CCC(COC(C)C)=C1. The van der Waals surface area contributed by atoms with Crippen molar-refractivity contribution in [3.63, 3.8) is 0 Å². The molecule has 1 heteroatoms. The summed E-state index contributed by atoms with van der Waals surface area (Å²) in [5.41, 5.74) is 2.77. The van der Waals surface area contributed by atoms with Gasteiger partial charge >= 0.3 is 0 Å². The summed E-state index contributed by atoms with van der Waals surface area (Å²) in [5.74, 6) is 0. The lowest BCUT2D eigenvalue weighted by Gasteiger charge is -2.07. The van der Waals surface area contributed by atoms with Gasteiger partial charge in [0.2, 0.25) is 0 Å². The molecule has 0 radical (unpaired) electrons. The molecular formula is C10H16O. The van der Waals surface area contributed by atoms with Crippen molar-refractivity contribution in [3.8, 4) is 0 Å². The zero-order valence-electron chi connectivity index (χ0n) is 7.55. The molecule has 1 aliphatic carbocycles. The van der Waals surface area contributed by atoms with Gasteiger partial charge in [-0.25, -0.2) is 0 Å². The van der Waals surface area contributed by atoms with E-state index in [1.165, 1.54) is 11.1 Å². The van der Waals surface area contributed by atoms with Crippen molar-refractivity contribution in [3.05, 3.63) is 23.3 Å². The molecule has 1 aliphatic rings. The van der Waals surface area contributed by atoms with E-state index in [4.69, 9.17) is 4.74 Å². The summed E-state index contributed by atoms with van der Waals surface area (Å²) in [6, 6.07) is 0. The summed E-state index contributed by atoms with van der Waals surface area (Å²) in [4.78, 5) is 0. The minimum Gasteiger partial charge on any atom is -0.374 e. The number of hydrogen-bond acceptors (Lipinski definition) is 1. The number of ether oxygens (including phenoxy) is 1. The molecule has 0 aliphatic heterocycles. The molecule has 0 unspecified atom stereocenters. The first-order valence-corrected chi connectivity index (χ1v) is 4.16. The Hall–Kier alpha value is -0.560. The van der Waals surface area contributed by atoms with Gasteiger partial charge in [-0.05, 0) is 32.8 Å². The van der Waals surface area contributed by atoms with E-state index >= 15 is 0 Å². The fourth-order valence-electron chi connectivity index (χ4n) is 1.11. The molecule has 0 saturated carbocycles. The Morgan fingerprint density at radius 2 is 2.27 bits per heavy atom. The van der Waals surface area contributed by atoms with Gasteiger partial charge in [0, 0.05) is 0 Å². The summed E-state index contributed by atoms with van der Waals surface area (Å²) in [7, 11) is 0. The molecule has 0 amide bonds. The van der Waals surface area contributed by atoms with Gasteiger partial charge in [-0.15, -0.1) is 0 Å². The Morgan fingerprint density at radius 1 is 1.55 bits per heavy atom. The van der Waals surface area contributed by atoms with E-state index in [0.717, 1.165) is 13.0 Å². The molecule has 0 N–H and O–H groups in total. The van der Waals surface area contributed by atoms with Gasteiger partial charge in [-0.2, -0.15) is 0 Å². The zero-order valence-corrected chi connectivity index (χ0v) is 7.55. The zero-order chi connectivity index (χ0) is 8.27. The summed E-state index contributed by atoms with van der Waals surface area (Å²) in [6.45, 7) is 7.06. The second kappa shape index (κ2) is 3.72. The highest BCUT2D eigenvalue weighted by Crippen LogP contribution is 2.16. The monoisotopic (exact) mass is 152 g/mol. The smallest absolute Gasteiger partial charge is 0.0686 e. The first-order chi connectivity index (χ1) is 5.18. The molecule has 0 aromatic heterocycles. The van der Waals surface area contributed by atoms with Crippen LogP contribution in [0.5, 0.6) is 0 Å². The Balaban J connectivity index is 2.25. The van der Waals surface area contributed by atoms with Crippen LogP contribution in [0.1, 0.15) is 27.2 Å². The van der Waals surface area contributed by atoms with Crippen LogP contribution in [-0.4, -0.2) is 12.7 Å². The second-order valence-electron chi connectivity index (χ2n) is 3.31. The molecule has 0 spiro atoms. The van der Waals surface area contributed by atoms with Crippen LogP contribution >= 0.6 is 0 Å². The highest BCUT2D eigenvalue weighted by Gasteiger charge is 2.03. The first-order valence-electron chi connectivity index (χ1n) is 4.16. The van der Waals surface area contributed by atoms with Crippen LogP contribution in [0.4, 0.5) is 0 Å². The highest BCUT2D eigenvalue weighted by atomic mass is 16.5. The van der Waals surface area contributed by atoms with E-state index in [2.05, 4.69) is 32.9 Å². The minimum absolute atomic E-state index is 0.344. The predicted octanol–water partition coefficient (Wildman–Crippen LogP) is 2.69. The standard InChI is InChI=1S/C10H16O/c1-8(2)11-7-10-5-4-9(3)6-10/h4,6,8H,5,7H2,1-3H3. The van der Waals surface area contributed by atoms with Gasteiger partial charge in [0.1, 0.15) is 0 Å². The van der Waals surface area contributed by atoms with Crippen LogP contribution in [0.15, 0.2) is 23.3 Å². The normalized spacial score (nSPS) is 17.1. The number of allylic oxidation sites excluding steroid dienone is 3. The maximum atomic E-state index is 5.47. The van der Waals surface area contributed by atoms with Crippen molar-refractivity contribution < 1.29 is 4.74 Å². The van der Waals surface area contributed by atoms with Crippen LogP contribution < -0.4 is 0 Å². The van der Waals surface area contributed by atoms with E-state index in [9.17, 15) is 0 Å². The van der Waals surface area contributed by atoms with Crippen LogP contribution in [0.2, 0.25) is 0 Å². The second-order valence-corrected chi connectivity index (χ2v) is 3.31. The van der Waals surface area contributed by atoms with Gasteiger partial charge in [0.05, 0.1) is 12.7 Å². The van der Waals surface area contributed by atoms with Gasteiger partial charge in [-0.3, -0.25) is 0 Å². The van der Waals surface area contributed by atoms with Gasteiger partial charge in [-0.1, -0.05) is 17.7 Å². The Labute approximate surface area is 68.8 Å². The third-order valence-corrected chi connectivity index (χ3v) is 1.72. The van der Waals surface area contributed by atoms with E-state index in [0.29, 0.717) is 6.10 Å². The Bertz CT molecular complexity index is 187. The van der Waals surface area contributed by atoms with Crippen molar-refractivity contribution in [1.29, 1.82) is 0 Å². The molecule has 1 nitrogen and oxygen atoms in total. The molecular weight excluding hydrogens is 136 g/mol. The molecule has 62 valence electrons. The van der Waals surface area contributed by atoms with Crippen molar-refractivity contribution >= 4 is 0 Å². The lowest BCUT2D eigenvalue weighted by atomic mass is 10.2. The third-order valence-electron chi connectivity index (χ3n) is 1.72.